The summed E-state index contributed by atoms with van der Waals surface area (Å²) in [6.45, 7) is 4.38. The van der Waals surface area contributed by atoms with Gasteiger partial charge in [-0.1, -0.05) is 13.8 Å². The Morgan fingerprint density at radius 3 is 2.64 bits per heavy atom. The van der Waals surface area contributed by atoms with Crippen molar-refractivity contribution in [2.75, 3.05) is 5.88 Å². The van der Waals surface area contributed by atoms with Crippen molar-refractivity contribution >= 4 is 11.6 Å². The van der Waals surface area contributed by atoms with Gasteiger partial charge in [-0.25, -0.2) is 0 Å². The second kappa shape index (κ2) is 3.03. The van der Waals surface area contributed by atoms with Crippen molar-refractivity contribution < 1.29 is 0 Å². The van der Waals surface area contributed by atoms with E-state index in [9.17, 15) is 0 Å². The molecular formula is C9H14ClN. The lowest BCUT2D eigenvalue weighted by Crippen LogP contribution is -2.04. The first-order valence-electron chi connectivity index (χ1n) is 4.12. The van der Waals surface area contributed by atoms with Gasteiger partial charge in [-0.05, 0) is 24.7 Å². The number of hydrogen-bond acceptors (Lipinski definition) is 1. The highest BCUT2D eigenvalue weighted by Crippen LogP contribution is 2.55. The van der Waals surface area contributed by atoms with Crippen LogP contribution in [0.4, 0.5) is 0 Å². The molecule has 1 fully saturated rings. The van der Waals surface area contributed by atoms with Gasteiger partial charge in [0, 0.05) is 5.88 Å². The van der Waals surface area contributed by atoms with Crippen LogP contribution in [0.15, 0.2) is 0 Å². The minimum absolute atomic E-state index is 0.147. The highest BCUT2D eigenvalue weighted by molar-refractivity contribution is 6.18. The van der Waals surface area contributed by atoms with Gasteiger partial charge in [0.1, 0.15) is 0 Å². The largest absolute Gasteiger partial charge is 0.198 e. The van der Waals surface area contributed by atoms with Gasteiger partial charge in [0.15, 0.2) is 0 Å². The number of halogens is 1. The van der Waals surface area contributed by atoms with E-state index in [0.29, 0.717) is 17.7 Å². The minimum Gasteiger partial charge on any atom is -0.198 e. The Labute approximate surface area is 73.3 Å². The summed E-state index contributed by atoms with van der Waals surface area (Å²) >= 11 is 5.71. The molecule has 0 radical (unpaired) electrons. The summed E-state index contributed by atoms with van der Waals surface area (Å²) in [5.74, 6) is 1.78. The lowest BCUT2D eigenvalue weighted by atomic mass is 10.0. The van der Waals surface area contributed by atoms with Crippen LogP contribution >= 0.6 is 11.6 Å². The summed E-state index contributed by atoms with van der Waals surface area (Å²) < 4.78 is 0. The molecule has 1 rings (SSSR count). The number of hydrogen-bond donors (Lipinski definition) is 0. The number of alkyl halides is 1. The van der Waals surface area contributed by atoms with Crippen molar-refractivity contribution in [3.8, 4) is 6.07 Å². The Morgan fingerprint density at radius 2 is 2.36 bits per heavy atom. The molecular weight excluding hydrogens is 158 g/mol. The fourth-order valence-electron chi connectivity index (χ4n) is 1.59. The van der Waals surface area contributed by atoms with Crippen LogP contribution in [0.5, 0.6) is 0 Å². The molecule has 2 heteroatoms. The van der Waals surface area contributed by atoms with Gasteiger partial charge in [-0.2, -0.15) is 5.26 Å². The molecule has 62 valence electrons. The van der Waals surface area contributed by atoms with Gasteiger partial charge in [0.05, 0.1) is 11.5 Å². The highest BCUT2D eigenvalue weighted by atomic mass is 35.5. The van der Waals surface area contributed by atoms with E-state index in [2.05, 4.69) is 19.9 Å². The monoisotopic (exact) mass is 171 g/mol. The van der Waals surface area contributed by atoms with E-state index in [1.807, 2.05) is 0 Å². The van der Waals surface area contributed by atoms with Crippen LogP contribution in [0.25, 0.3) is 0 Å². The second-order valence-electron chi connectivity index (χ2n) is 3.93. The zero-order chi connectivity index (χ0) is 8.48. The van der Waals surface area contributed by atoms with Crippen LogP contribution in [0, 0.1) is 28.6 Å². The molecule has 0 heterocycles. The normalized spacial score (nSPS) is 35.4. The van der Waals surface area contributed by atoms with E-state index in [4.69, 9.17) is 16.9 Å². The smallest absolute Gasteiger partial charge is 0.0741 e. The molecule has 1 aliphatic rings. The van der Waals surface area contributed by atoms with Crippen molar-refractivity contribution in [1.29, 1.82) is 5.26 Å². The van der Waals surface area contributed by atoms with Crippen LogP contribution in [-0.2, 0) is 0 Å². The van der Waals surface area contributed by atoms with Crippen LogP contribution in [0.2, 0.25) is 0 Å². The maximum absolute atomic E-state index is 8.81. The third-order valence-corrected chi connectivity index (χ3v) is 2.93. The summed E-state index contributed by atoms with van der Waals surface area (Å²) in [6.07, 6.45) is 2.17. The maximum atomic E-state index is 8.81. The van der Waals surface area contributed by atoms with Crippen LogP contribution in [0.3, 0.4) is 0 Å². The van der Waals surface area contributed by atoms with E-state index >= 15 is 0 Å². The van der Waals surface area contributed by atoms with Gasteiger partial charge in [0.25, 0.3) is 0 Å². The lowest BCUT2D eigenvalue weighted by Gasteiger charge is -2.05. The van der Waals surface area contributed by atoms with E-state index < -0.39 is 0 Å². The third-order valence-electron chi connectivity index (χ3n) is 2.45. The number of nitrogens with zero attached hydrogens (tertiary/aromatic N) is 1. The topological polar surface area (TPSA) is 23.8 Å². The summed E-state index contributed by atoms with van der Waals surface area (Å²) in [6, 6.07) is 2.33. The van der Waals surface area contributed by atoms with E-state index in [-0.39, 0.29) is 5.41 Å². The molecule has 1 aliphatic carbocycles. The Balaban J connectivity index is 2.40. The predicted molar refractivity (Wildman–Crippen MR) is 46.3 cm³/mol. The molecule has 0 aliphatic heterocycles. The van der Waals surface area contributed by atoms with Crippen molar-refractivity contribution in [1.82, 2.24) is 0 Å². The SMILES string of the molecule is CC(C)C[C@@H]1C[C@@]1(C#N)CCl. The van der Waals surface area contributed by atoms with Gasteiger partial charge in [-0.15, -0.1) is 11.6 Å². The molecule has 0 aromatic rings. The van der Waals surface area contributed by atoms with Crippen molar-refractivity contribution in [2.24, 2.45) is 17.3 Å². The first-order chi connectivity index (χ1) is 5.14. The van der Waals surface area contributed by atoms with Gasteiger partial charge in [-0.3, -0.25) is 0 Å². The van der Waals surface area contributed by atoms with Gasteiger partial charge < -0.3 is 0 Å². The Hall–Kier alpha value is -0.220. The quantitative estimate of drug-likeness (QED) is 0.600. The van der Waals surface area contributed by atoms with Crippen LogP contribution in [0.1, 0.15) is 26.7 Å². The molecule has 0 aromatic heterocycles. The molecule has 0 bridgehead atoms. The molecule has 0 saturated heterocycles. The van der Waals surface area contributed by atoms with Gasteiger partial charge in [0.2, 0.25) is 0 Å². The molecule has 2 atom stereocenters. The Morgan fingerprint density at radius 1 is 1.73 bits per heavy atom. The minimum atomic E-state index is -0.147. The molecule has 1 saturated carbocycles. The maximum Gasteiger partial charge on any atom is 0.0741 e. The fourth-order valence-corrected chi connectivity index (χ4v) is 1.98. The molecule has 11 heavy (non-hydrogen) atoms. The molecule has 0 unspecified atom stereocenters. The Kier molecular flexibility index (Phi) is 2.44. The van der Waals surface area contributed by atoms with Gasteiger partial charge >= 0.3 is 0 Å². The summed E-state index contributed by atoms with van der Waals surface area (Å²) in [5, 5.41) is 8.81. The van der Waals surface area contributed by atoms with Crippen LogP contribution in [-0.4, -0.2) is 5.88 Å². The van der Waals surface area contributed by atoms with Crippen LogP contribution < -0.4 is 0 Å². The van der Waals surface area contributed by atoms with Crippen molar-refractivity contribution in [3.63, 3.8) is 0 Å². The third kappa shape index (κ3) is 1.68. The van der Waals surface area contributed by atoms with E-state index in [0.717, 1.165) is 12.8 Å². The predicted octanol–water partition coefficient (Wildman–Crippen LogP) is 2.80. The molecule has 0 aromatic carbocycles. The average molecular weight is 172 g/mol. The zero-order valence-corrected chi connectivity index (χ0v) is 7.86. The number of nitriles is 1. The molecule has 0 N–H and O–H groups in total. The highest BCUT2D eigenvalue weighted by Gasteiger charge is 2.53. The van der Waals surface area contributed by atoms with E-state index in [1.165, 1.54) is 0 Å². The summed E-state index contributed by atoms with van der Waals surface area (Å²) in [5.41, 5.74) is -0.147. The summed E-state index contributed by atoms with van der Waals surface area (Å²) in [7, 11) is 0. The molecule has 0 spiro atoms. The average Bonchev–Trinajstić information content (AvgIpc) is 2.63. The Bertz CT molecular complexity index is 182. The molecule has 0 amide bonds. The standard InChI is InChI=1S/C9H14ClN/c1-7(2)3-8-4-9(8,5-10)6-11/h7-8H,3-5H2,1-2H3/t8-,9+/m1/s1. The zero-order valence-electron chi connectivity index (χ0n) is 7.10. The first kappa shape index (κ1) is 8.87. The van der Waals surface area contributed by atoms with Crippen molar-refractivity contribution in [2.45, 2.75) is 26.7 Å². The summed E-state index contributed by atoms with van der Waals surface area (Å²) in [4.78, 5) is 0. The lowest BCUT2D eigenvalue weighted by molar-refractivity contribution is 0.494. The fraction of sp³-hybridized carbons (Fsp3) is 0.889. The van der Waals surface area contributed by atoms with E-state index in [1.54, 1.807) is 0 Å². The molecule has 1 nitrogen and oxygen atoms in total. The number of rotatable bonds is 3. The second-order valence-corrected chi connectivity index (χ2v) is 4.20. The first-order valence-corrected chi connectivity index (χ1v) is 4.65. The van der Waals surface area contributed by atoms with Crippen molar-refractivity contribution in [3.05, 3.63) is 0 Å².